The summed E-state index contributed by atoms with van der Waals surface area (Å²) in [6.45, 7) is 2.66. The van der Waals surface area contributed by atoms with E-state index in [1.54, 1.807) is 29.8 Å². The van der Waals surface area contributed by atoms with Gasteiger partial charge in [0, 0.05) is 0 Å². The van der Waals surface area contributed by atoms with Gasteiger partial charge in [-0.15, -0.1) is 10.2 Å². The summed E-state index contributed by atoms with van der Waals surface area (Å²) < 4.78 is 11.6. The fourth-order valence-electron chi connectivity index (χ4n) is 3.67. The minimum absolute atomic E-state index is 0.0465. The molecule has 1 atom stereocenters. The first-order valence-corrected chi connectivity index (χ1v) is 10.4. The van der Waals surface area contributed by atoms with Crippen molar-refractivity contribution in [3.63, 3.8) is 0 Å². The molecule has 0 saturated carbocycles. The topological polar surface area (TPSA) is 85.5 Å². The van der Waals surface area contributed by atoms with Gasteiger partial charge < -0.3 is 9.15 Å². The molecule has 0 radical (unpaired) electrons. The molecule has 0 fully saturated rings. The van der Waals surface area contributed by atoms with E-state index in [-0.39, 0.29) is 11.2 Å². The fraction of sp³-hybridized carbons (Fsp3) is 0.182. The van der Waals surface area contributed by atoms with Crippen LogP contribution in [0.1, 0.15) is 41.1 Å². The van der Waals surface area contributed by atoms with E-state index in [2.05, 4.69) is 10.2 Å². The number of amides is 1. The van der Waals surface area contributed by atoms with E-state index in [1.165, 1.54) is 16.2 Å². The lowest BCUT2D eigenvalue weighted by atomic mass is 9.98. The van der Waals surface area contributed by atoms with Gasteiger partial charge in [0.2, 0.25) is 10.9 Å². The third-order valence-electron chi connectivity index (χ3n) is 5.00. The molecule has 8 heteroatoms. The van der Waals surface area contributed by atoms with E-state index in [0.717, 1.165) is 17.7 Å². The Labute approximate surface area is 175 Å². The van der Waals surface area contributed by atoms with Crippen molar-refractivity contribution in [1.29, 1.82) is 0 Å². The molecule has 3 heterocycles. The summed E-state index contributed by atoms with van der Waals surface area (Å²) in [4.78, 5) is 28.1. The zero-order valence-electron chi connectivity index (χ0n) is 16.1. The van der Waals surface area contributed by atoms with Crippen molar-refractivity contribution in [2.45, 2.75) is 19.4 Å². The molecule has 150 valence electrons. The van der Waals surface area contributed by atoms with Gasteiger partial charge in [-0.3, -0.25) is 14.5 Å². The standard InChI is InChI=1S/C22H17N3O4S/c1-2-11-28-14-9-7-13(8-10-14)18-17-19(26)15-5-3-4-6-16(15)29-20(17)21(27)25(18)22-24-23-12-30-22/h3-10,12,18H,2,11H2,1H3/t18-/m1/s1. The summed E-state index contributed by atoms with van der Waals surface area (Å²) in [5, 5.41) is 8.78. The average Bonchev–Trinajstić information content (AvgIpc) is 3.40. The second-order valence-electron chi connectivity index (χ2n) is 6.89. The molecule has 1 amide bonds. The van der Waals surface area contributed by atoms with E-state index in [1.807, 2.05) is 31.2 Å². The van der Waals surface area contributed by atoms with Crippen molar-refractivity contribution in [2.75, 3.05) is 11.5 Å². The Morgan fingerprint density at radius 2 is 1.93 bits per heavy atom. The van der Waals surface area contributed by atoms with E-state index >= 15 is 0 Å². The van der Waals surface area contributed by atoms with Crippen LogP contribution in [0.2, 0.25) is 0 Å². The van der Waals surface area contributed by atoms with Crippen molar-refractivity contribution in [2.24, 2.45) is 0 Å². The molecule has 0 unspecified atom stereocenters. The number of benzene rings is 2. The van der Waals surface area contributed by atoms with Crippen molar-refractivity contribution in [1.82, 2.24) is 10.2 Å². The van der Waals surface area contributed by atoms with Crippen molar-refractivity contribution in [3.05, 3.63) is 81.2 Å². The number of hydrogen-bond acceptors (Lipinski definition) is 7. The molecule has 0 spiro atoms. The maximum atomic E-state index is 13.4. The molecular formula is C22H17N3O4S. The minimum Gasteiger partial charge on any atom is -0.494 e. The Kier molecular flexibility index (Phi) is 4.55. The number of ether oxygens (including phenoxy) is 1. The molecule has 4 aromatic rings. The summed E-state index contributed by atoms with van der Waals surface area (Å²) in [7, 11) is 0. The highest BCUT2D eigenvalue weighted by molar-refractivity contribution is 7.13. The Hall–Kier alpha value is -3.52. The van der Waals surface area contributed by atoms with E-state index < -0.39 is 11.9 Å². The summed E-state index contributed by atoms with van der Waals surface area (Å²) in [5.74, 6) is 0.379. The molecular weight excluding hydrogens is 402 g/mol. The van der Waals surface area contributed by atoms with Gasteiger partial charge in [-0.05, 0) is 36.2 Å². The third kappa shape index (κ3) is 2.88. The fourth-order valence-corrected chi connectivity index (χ4v) is 4.26. The van der Waals surface area contributed by atoms with Crippen LogP contribution >= 0.6 is 11.3 Å². The number of fused-ring (bicyclic) bond motifs is 2. The SMILES string of the molecule is CCCOc1ccc([C@@H]2c3c(oc4ccccc4c3=O)C(=O)N2c2nncs2)cc1. The number of carbonyl (C=O) groups is 1. The Balaban J connectivity index is 1.70. The molecule has 0 N–H and O–H groups in total. The van der Waals surface area contributed by atoms with Gasteiger partial charge in [0.25, 0.3) is 5.91 Å². The molecule has 0 saturated heterocycles. The lowest BCUT2D eigenvalue weighted by Crippen LogP contribution is -2.29. The summed E-state index contributed by atoms with van der Waals surface area (Å²) in [5.41, 5.74) is 2.80. The van der Waals surface area contributed by atoms with Gasteiger partial charge in [-0.2, -0.15) is 0 Å². The molecule has 1 aliphatic rings. The number of nitrogens with zero attached hydrogens (tertiary/aromatic N) is 3. The van der Waals surface area contributed by atoms with E-state index in [0.29, 0.717) is 28.3 Å². The first-order valence-electron chi connectivity index (χ1n) is 9.57. The Morgan fingerprint density at radius 3 is 2.67 bits per heavy atom. The smallest absolute Gasteiger partial charge is 0.297 e. The number of carbonyl (C=O) groups excluding carboxylic acids is 1. The van der Waals surface area contributed by atoms with Crippen LogP contribution in [0.25, 0.3) is 11.0 Å². The van der Waals surface area contributed by atoms with Gasteiger partial charge in [0.05, 0.1) is 23.6 Å². The Bertz CT molecular complexity index is 1280. The van der Waals surface area contributed by atoms with Crippen molar-refractivity contribution >= 4 is 33.3 Å². The van der Waals surface area contributed by atoms with Crippen LogP contribution in [0.4, 0.5) is 5.13 Å². The highest BCUT2D eigenvalue weighted by atomic mass is 32.1. The van der Waals surface area contributed by atoms with Crippen LogP contribution in [0.3, 0.4) is 0 Å². The second kappa shape index (κ2) is 7.38. The van der Waals surface area contributed by atoms with Crippen LogP contribution in [-0.4, -0.2) is 22.7 Å². The molecule has 30 heavy (non-hydrogen) atoms. The number of aromatic nitrogens is 2. The summed E-state index contributed by atoms with van der Waals surface area (Å²) >= 11 is 1.23. The quantitative estimate of drug-likeness (QED) is 0.482. The molecule has 7 nitrogen and oxygen atoms in total. The van der Waals surface area contributed by atoms with Crippen LogP contribution in [0.15, 0.2) is 63.3 Å². The average molecular weight is 419 g/mol. The van der Waals surface area contributed by atoms with E-state index in [4.69, 9.17) is 9.15 Å². The van der Waals surface area contributed by atoms with Crippen LogP contribution in [0, 0.1) is 0 Å². The minimum atomic E-state index is -0.651. The maximum Gasteiger partial charge on any atom is 0.297 e. The first-order chi connectivity index (χ1) is 14.7. The van der Waals surface area contributed by atoms with Gasteiger partial charge in [0.1, 0.15) is 16.8 Å². The van der Waals surface area contributed by atoms with Gasteiger partial charge >= 0.3 is 0 Å². The van der Waals surface area contributed by atoms with Crippen LogP contribution in [0.5, 0.6) is 5.75 Å². The zero-order chi connectivity index (χ0) is 20.7. The van der Waals surface area contributed by atoms with E-state index in [9.17, 15) is 9.59 Å². The summed E-state index contributed by atoms with van der Waals surface area (Å²) in [6, 6.07) is 13.7. The van der Waals surface area contributed by atoms with Crippen molar-refractivity contribution in [3.8, 4) is 5.75 Å². The molecule has 2 aromatic heterocycles. The molecule has 0 bridgehead atoms. The highest BCUT2D eigenvalue weighted by Gasteiger charge is 2.44. The number of para-hydroxylation sites is 1. The van der Waals surface area contributed by atoms with Crippen LogP contribution in [-0.2, 0) is 0 Å². The maximum absolute atomic E-state index is 13.4. The monoisotopic (exact) mass is 419 g/mol. The second-order valence-corrected chi connectivity index (χ2v) is 7.70. The normalized spacial score (nSPS) is 15.6. The molecule has 2 aromatic carbocycles. The molecule has 0 aliphatic carbocycles. The largest absolute Gasteiger partial charge is 0.494 e. The van der Waals surface area contributed by atoms with Crippen LogP contribution < -0.4 is 15.1 Å². The molecule has 1 aliphatic heterocycles. The lowest BCUT2D eigenvalue weighted by molar-refractivity contribution is 0.0970. The highest BCUT2D eigenvalue weighted by Crippen LogP contribution is 2.41. The zero-order valence-corrected chi connectivity index (χ0v) is 16.9. The number of rotatable bonds is 5. The predicted octanol–water partition coefficient (Wildman–Crippen LogP) is 4.18. The van der Waals surface area contributed by atoms with Crippen molar-refractivity contribution < 1.29 is 13.9 Å². The van der Waals surface area contributed by atoms with Gasteiger partial charge in [-0.25, -0.2) is 0 Å². The lowest BCUT2D eigenvalue weighted by Gasteiger charge is -2.22. The summed E-state index contributed by atoms with van der Waals surface area (Å²) in [6.07, 6.45) is 0.908. The van der Waals surface area contributed by atoms with Gasteiger partial charge in [-0.1, -0.05) is 42.5 Å². The molecule has 5 rings (SSSR count). The Morgan fingerprint density at radius 1 is 1.13 bits per heavy atom. The first kappa shape index (κ1) is 18.5. The third-order valence-corrected chi connectivity index (χ3v) is 5.69. The van der Waals surface area contributed by atoms with Gasteiger partial charge in [0.15, 0.2) is 5.43 Å². The number of hydrogen-bond donors (Lipinski definition) is 0. The predicted molar refractivity (Wildman–Crippen MR) is 113 cm³/mol. The number of anilines is 1.